The molecule has 1 aromatic heterocycles. The molecule has 4 heterocycles. The fourth-order valence-corrected chi connectivity index (χ4v) is 7.77. The molecule has 3 saturated heterocycles. The van der Waals surface area contributed by atoms with Crippen LogP contribution in [-0.2, 0) is 0 Å². The molecule has 5 aliphatic rings. The Balaban J connectivity index is 1.01. The number of likely N-dealkylation sites (N-methyl/N-ethyl adjacent to an activating group) is 1. The lowest BCUT2D eigenvalue weighted by molar-refractivity contribution is -0.104. The molecule has 1 aromatic rings. The summed E-state index contributed by atoms with van der Waals surface area (Å²) >= 11 is 0. The van der Waals surface area contributed by atoms with E-state index in [0.717, 1.165) is 42.3 Å². The van der Waals surface area contributed by atoms with Crippen molar-refractivity contribution in [3.63, 3.8) is 0 Å². The number of piperidine rings is 1. The molecule has 1 spiro atoms. The monoisotopic (exact) mass is 423 g/mol. The van der Waals surface area contributed by atoms with Gasteiger partial charge in [-0.25, -0.2) is 9.97 Å². The van der Waals surface area contributed by atoms with E-state index in [9.17, 15) is 0 Å². The number of nitrogens with zero attached hydrogens (tertiary/aromatic N) is 5. The molecule has 0 amide bonds. The first kappa shape index (κ1) is 20.4. The lowest BCUT2D eigenvalue weighted by Gasteiger charge is -2.61. The van der Waals surface area contributed by atoms with Crippen LogP contribution in [0.15, 0.2) is 12.4 Å². The second-order valence-electron chi connectivity index (χ2n) is 12.1. The summed E-state index contributed by atoms with van der Waals surface area (Å²) in [5.74, 6) is 3.52. The molecule has 31 heavy (non-hydrogen) atoms. The Kier molecular flexibility index (Phi) is 5.06. The quantitative estimate of drug-likeness (QED) is 0.727. The number of likely N-dealkylation sites (tertiary alicyclic amines) is 2. The van der Waals surface area contributed by atoms with Gasteiger partial charge in [0.05, 0.1) is 0 Å². The molecule has 5 nitrogen and oxygen atoms in total. The molecule has 0 radical (unpaired) electrons. The van der Waals surface area contributed by atoms with E-state index in [4.69, 9.17) is 9.97 Å². The predicted octanol–water partition coefficient (Wildman–Crippen LogP) is 4.15. The van der Waals surface area contributed by atoms with Gasteiger partial charge in [0, 0.05) is 43.6 Å². The zero-order valence-corrected chi connectivity index (χ0v) is 19.8. The minimum atomic E-state index is 0.607. The first-order chi connectivity index (χ1) is 15.0. The molecular weight excluding hydrogens is 382 g/mol. The Bertz CT molecular complexity index is 755. The van der Waals surface area contributed by atoms with Crippen LogP contribution in [0, 0.1) is 17.3 Å². The fourth-order valence-electron chi connectivity index (χ4n) is 7.77. The van der Waals surface area contributed by atoms with Crippen LogP contribution >= 0.6 is 0 Å². The molecule has 2 atom stereocenters. The summed E-state index contributed by atoms with van der Waals surface area (Å²) in [7, 11) is 2.25. The predicted molar refractivity (Wildman–Crippen MR) is 125 cm³/mol. The van der Waals surface area contributed by atoms with Gasteiger partial charge in [0.15, 0.2) is 0 Å². The Morgan fingerprint density at radius 3 is 2.06 bits per heavy atom. The van der Waals surface area contributed by atoms with E-state index in [1.54, 1.807) is 0 Å². The molecule has 2 bridgehead atoms. The van der Waals surface area contributed by atoms with Crippen molar-refractivity contribution in [3.8, 4) is 0 Å². The summed E-state index contributed by atoms with van der Waals surface area (Å²) in [6, 6.07) is 2.09. The van der Waals surface area contributed by atoms with Crippen LogP contribution in [0.3, 0.4) is 0 Å². The van der Waals surface area contributed by atoms with Crippen molar-refractivity contribution < 1.29 is 0 Å². The molecule has 5 fully saturated rings. The highest BCUT2D eigenvalue weighted by atomic mass is 15.4. The zero-order valence-electron chi connectivity index (χ0n) is 19.8. The largest absolute Gasteiger partial charge is 0.332 e. The van der Waals surface area contributed by atoms with E-state index < -0.39 is 0 Å². The van der Waals surface area contributed by atoms with E-state index in [1.165, 1.54) is 70.0 Å². The van der Waals surface area contributed by atoms with Crippen LogP contribution in [0.25, 0.3) is 0 Å². The van der Waals surface area contributed by atoms with E-state index >= 15 is 0 Å². The van der Waals surface area contributed by atoms with Gasteiger partial charge in [0.25, 0.3) is 0 Å². The van der Waals surface area contributed by atoms with E-state index in [0.29, 0.717) is 18.0 Å². The normalized spacial score (nSPS) is 39.2. The average molecular weight is 424 g/mol. The van der Waals surface area contributed by atoms with Gasteiger partial charge in [-0.3, -0.25) is 0 Å². The molecular formula is C26H41N5. The number of aromatic nitrogens is 2. The summed E-state index contributed by atoms with van der Waals surface area (Å²) in [4.78, 5) is 17.5. The molecule has 0 N–H and O–H groups in total. The summed E-state index contributed by atoms with van der Waals surface area (Å²) in [5, 5.41) is 0. The van der Waals surface area contributed by atoms with Crippen LogP contribution in [0.5, 0.6) is 0 Å². The second kappa shape index (κ2) is 7.69. The van der Waals surface area contributed by atoms with Gasteiger partial charge in [-0.2, -0.15) is 0 Å². The Morgan fingerprint density at radius 1 is 0.871 bits per heavy atom. The van der Waals surface area contributed by atoms with Gasteiger partial charge < -0.3 is 14.7 Å². The smallest absolute Gasteiger partial charge is 0.225 e. The van der Waals surface area contributed by atoms with Gasteiger partial charge in [0.1, 0.15) is 0 Å². The topological polar surface area (TPSA) is 35.5 Å². The molecule has 3 aliphatic heterocycles. The molecule has 2 unspecified atom stereocenters. The fraction of sp³-hybridized carbons (Fsp3) is 0.846. The number of hydrogen-bond acceptors (Lipinski definition) is 5. The second-order valence-corrected chi connectivity index (χ2v) is 12.1. The Labute approximate surface area is 188 Å². The summed E-state index contributed by atoms with van der Waals surface area (Å²) in [5.41, 5.74) is 2.12. The maximum atomic E-state index is 4.87. The molecule has 2 saturated carbocycles. The number of anilines is 1. The molecule has 6 rings (SSSR count). The minimum absolute atomic E-state index is 0.607. The summed E-state index contributed by atoms with van der Waals surface area (Å²) in [6.07, 6.45) is 15.4. The van der Waals surface area contributed by atoms with Crippen molar-refractivity contribution in [2.75, 3.05) is 38.1 Å². The summed E-state index contributed by atoms with van der Waals surface area (Å²) in [6.45, 7) is 9.66. The third kappa shape index (κ3) is 3.60. The van der Waals surface area contributed by atoms with Crippen LogP contribution in [0.4, 0.5) is 5.95 Å². The van der Waals surface area contributed by atoms with Crippen molar-refractivity contribution in [3.05, 3.63) is 18.0 Å². The van der Waals surface area contributed by atoms with Crippen molar-refractivity contribution >= 4 is 5.95 Å². The highest BCUT2D eigenvalue weighted by Crippen LogP contribution is 2.61. The van der Waals surface area contributed by atoms with Gasteiger partial charge in [0.2, 0.25) is 5.95 Å². The van der Waals surface area contributed by atoms with Crippen LogP contribution in [-0.4, -0.2) is 71.1 Å². The molecule has 2 aliphatic carbocycles. The van der Waals surface area contributed by atoms with Gasteiger partial charge in [-0.05, 0) is 100 Å². The van der Waals surface area contributed by atoms with Crippen molar-refractivity contribution in [1.29, 1.82) is 0 Å². The molecule has 0 aromatic carbocycles. The number of rotatable bonds is 4. The van der Waals surface area contributed by atoms with Crippen LogP contribution in [0.2, 0.25) is 0 Å². The number of piperazine rings is 1. The van der Waals surface area contributed by atoms with E-state index in [1.807, 2.05) is 0 Å². The molecule has 170 valence electrons. The van der Waals surface area contributed by atoms with E-state index in [2.05, 4.69) is 48.0 Å². The maximum absolute atomic E-state index is 4.87. The standard InChI is InChI=1S/C26H41N5/c1-18(2)20-10-26(11-20)12-24(13-26)30-8-6-19(7-9-30)21-14-27-25(28-15-21)31-22-4-5-23(31)17-29(3)16-22/h14-15,18-20,22-24H,4-13,16-17H2,1-3H3. The van der Waals surface area contributed by atoms with Crippen LogP contribution < -0.4 is 4.90 Å². The zero-order chi connectivity index (χ0) is 21.2. The highest BCUT2D eigenvalue weighted by Gasteiger charge is 2.54. The summed E-state index contributed by atoms with van der Waals surface area (Å²) < 4.78 is 0. The first-order valence-electron chi connectivity index (χ1n) is 13.0. The maximum Gasteiger partial charge on any atom is 0.225 e. The average Bonchev–Trinajstić information content (AvgIpc) is 2.97. The van der Waals surface area contributed by atoms with Crippen molar-refractivity contribution in [2.45, 2.75) is 89.3 Å². The van der Waals surface area contributed by atoms with Gasteiger partial charge in [-0.15, -0.1) is 0 Å². The van der Waals surface area contributed by atoms with Gasteiger partial charge >= 0.3 is 0 Å². The Hall–Kier alpha value is -1.20. The molecule has 5 heteroatoms. The van der Waals surface area contributed by atoms with Gasteiger partial charge in [-0.1, -0.05) is 13.8 Å². The third-order valence-electron chi connectivity index (χ3n) is 9.74. The number of hydrogen-bond donors (Lipinski definition) is 0. The first-order valence-corrected chi connectivity index (χ1v) is 13.0. The Morgan fingerprint density at radius 2 is 1.48 bits per heavy atom. The van der Waals surface area contributed by atoms with Crippen molar-refractivity contribution in [2.24, 2.45) is 17.3 Å². The minimum Gasteiger partial charge on any atom is -0.332 e. The lowest BCUT2D eigenvalue weighted by Crippen LogP contribution is -2.58. The third-order valence-corrected chi connectivity index (χ3v) is 9.74. The van der Waals surface area contributed by atoms with Crippen molar-refractivity contribution in [1.82, 2.24) is 19.8 Å². The van der Waals surface area contributed by atoms with E-state index in [-0.39, 0.29) is 0 Å². The number of fused-ring (bicyclic) bond motifs is 2. The lowest BCUT2D eigenvalue weighted by atomic mass is 9.48. The highest BCUT2D eigenvalue weighted by molar-refractivity contribution is 5.38. The van der Waals surface area contributed by atoms with Crippen LogP contribution in [0.1, 0.15) is 76.7 Å². The SMILES string of the molecule is CC(C)C1CC2(C1)CC(N1CCC(c3cnc(N4C5CCC4CN(C)C5)nc3)CC1)C2.